The van der Waals surface area contributed by atoms with Gasteiger partial charge in [-0.05, 0) is 37.9 Å². The molecule has 1 aromatic carbocycles. The van der Waals surface area contributed by atoms with Crippen molar-refractivity contribution in [1.29, 1.82) is 0 Å². The van der Waals surface area contributed by atoms with Crippen LogP contribution in [0.25, 0.3) is 0 Å². The molecule has 2 rings (SSSR count). The molecule has 0 spiro atoms. The van der Waals surface area contributed by atoms with Gasteiger partial charge in [0.05, 0.1) is 0 Å². The minimum atomic E-state index is -1.02. The number of amides is 1. The van der Waals surface area contributed by atoms with E-state index in [2.05, 4.69) is 10.2 Å². The average molecular weight is 306 g/mol. The molecule has 1 amide bonds. The maximum absolute atomic E-state index is 11.8. The fraction of sp³-hybridized carbons (Fsp3) is 0.500. The highest BCUT2D eigenvalue weighted by Gasteiger charge is 2.28. The average Bonchev–Trinajstić information content (AvgIpc) is 2.91. The lowest BCUT2D eigenvalue weighted by Gasteiger charge is -2.18. The smallest absolute Gasteiger partial charge is 0.408 e. The van der Waals surface area contributed by atoms with Gasteiger partial charge < -0.3 is 20.1 Å². The molecule has 0 aliphatic carbocycles. The quantitative estimate of drug-likeness (QED) is 0.836. The molecule has 0 radical (unpaired) electrons. The van der Waals surface area contributed by atoms with Crippen LogP contribution in [0.3, 0.4) is 0 Å². The first-order valence-corrected chi connectivity index (χ1v) is 7.43. The van der Waals surface area contributed by atoms with E-state index in [9.17, 15) is 14.7 Å². The van der Waals surface area contributed by atoms with Gasteiger partial charge in [0.1, 0.15) is 12.6 Å². The molecule has 2 unspecified atom stereocenters. The van der Waals surface area contributed by atoms with E-state index in [4.69, 9.17) is 4.74 Å². The Morgan fingerprint density at radius 1 is 1.41 bits per heavy atom. The number of alkyl carbamates (subject to hydrolysis) is 1. The second kappa shape index (κ2) is 7.79. The van der Waals surface area contributed by atoms with E-state index in [0.29, 0.717) is 12.3 Å². The second-order valence-corrected chi connectivity index (χ2v) is 5.75. The number of carboxylic acid groups (broad SMARTS) is 1. The number of carbonyl (C=O) groups excluding carboxylic acids is 1. The summed E-state index contributed by atoms with van der Waals surface area (Å²) >= 11 is 0. The third kappa shape index (κ3) is 5.04. The van der Waals surface area contributed by atoms with Crippen molar-refractivity contribution in [2.45, 2.75) is 25.5 Å². The predicted octanol–water partition coefficient (Wildman–Crippen LogP) is 1.71. The lowest BCUT2D eigenvalue weighted by Crippen LogP contribution is -2.42. The molecule has 1 fully saturated rings. The Labute approximate surface area is 130 Å². The Morgan fingerprint density at radius 2 is 2.14 bits per heavy atom. The maximum atomic E-state index is 11.8. The van der Waals surface area contributed by atoms with E-state index >= 15 is 0 Å². The van der Waals surface area contributed by atoms with Gasteiger partial charge in [-0.25, -0.2) is 9.59 Å². The van der Waals surface area contributed by atoms with Crippen LogP contribution in [0.5, 0.6) is 0 Å². The molecule has 0 saturated carbocycles. The molecule has 2 atom stereocenters. The molecule has 6 heteroatoms. The number of likely N-dealkylation sites (tertiary alicyclic amines) is 1. The second-order valence-electron chi connectivity index (χ2n) is 5.75. The van der Waals surface area contributed by atoms with Gasteiger partial charge >= 0.3 is 12.1 Å². The van der Waals surface area contributed by atoms with E-state index in [-0.39, 0.29) is 6.61 Å². The highest BCUT2D eigenvalue weighted by Crippen LogP contribution is 2.19. The Balaban J connectivity index is 1.80. The van der Waals surface area contributed by atoms with Gasteiger partial charge in [-0.3, -0.25) is 0 Å². The minimum absolute atomic E-state index is 0.130. The number of ether oxygens (including phenoxy) is 1. The minimum Gasteiger partial charge on any atom is -0.480 e. The number of hydrogen-bond donors (Lipinski definition) is 2. The van der Waals surface area contributed by atoms with Crippen molar-refractivity contribution in [3.8, 4) is 0 Å². The third-order valence-corrected chi connectivity index (χ3v) is 3.86. The first kappa shape index (κ1) is 16.3. The highest BCUT2D eigenvalue weighted by molar-refractivity contribution is 5.79. The first-order valence-electron chi connectivity index (χ1n) is 7.43. The zero-order valence-corrected chi connectivity index (χ0v) is 12.7. The topological polar surface area (TPSA) is 78.9 Å². The molecule has 1 aliphatic heterocycles. The van der Waals surface area contributed by atoms with Gasteiger partial charge in [-0.1, -0.05) is 30.3 Å². The Hall–Kier alpha value is -2.08. The van der Waals surface area contributed by atoms with E-state index < -0.39 is 18.1 Å². The summed E-state index contributed by atoms with van der Waals surface area (Å²) in [5.74, 6) is -0.730. The Morgan fingerprint density at radius 3 is 2.73 bits per heavy atom. The summed E-state index contributed by atoms with van der Waals surface area (Å²) in [4.78, 5) is 25.2. The number of nitrogens with one attached hydrogen (secondary N) is 1. The van der Waals surface area contributed by atoms with Crippen LogP contribution in [0.1, 0.15) is 18.4 Å². The van der Waals surface area contributed by atoms with E-state index in [0.717, 1.165) is 25.1 Å². The van der Waals surface area contributed by atoms with Crippen molar-refractivity contribution in [2.75, 3.05) is 20.1 Å². The monoisotopic (exact) mass is 306 g/mol. The highest BCUT2D eigenvalue weighted by atomic mass is 16.5. The molecule has 1 heterocycles. The van der Waals surface area contributed by atoms with Crippen LogP contribution in [-0.4, -0.2) is 48.2 Å². The molecular weight excluding hydrogens is 284 g/mol. The molecule has 1 aliphatic rings. The summed E-state index contributed by atoms with van der Waals surface area (Å²) in [6.45, 7) is 1.96. The zero-order valence-electron chi connectivity index (χ0n) is 12.7. The van der Waals surface area contributed by atoms with Gasteiger partial charge in [-0.2, -0.15) is 0 Å². The fourth-order valence-electron chi connectivity index (χ4n) is 2.68. The van der Waals surface area contributed by atoms with Crippen molar-refractivity contribution < 1.29 is 19.4 Å². The molecule has 0 aromatic heterocycles. The van der Waals surface area contributed by atoms with Crippen molar-refractivity contribution in [3.63, 3.8) is 0 Å². The standard InChI is InChI=1S/C16H22N2O4/c1-18-8-7-13(10-18)9-14(15(19)20)17-16(21)22-11-12-5-3-2-4-6-12/h2-6,13-14H,7-11H2,1H3,(H,17,21)(H,19,20). The molecule has 1 aromatic rings. The van der Waals surface area contributed by atoms with Crippen LogP contribution < -0.4 is 5.32 Å². The van der Waals surface area contributed by atoms with E-state index in [1.165, 1.54) is 0 Å². The summed E-state index contributed by atoms with van der Waals surface area (Å²) in [5.41, 5.74) is 0.863. The summed E-state index contributed by atoms with van der Waals surface area (Å²) in [6.07, 6.45) is 0.698. The predicted molar refractivity (Wildman–Crippen MR) is 81.4 cm³/mol. The van der Waals surface area contributed by atoms with Gasteiger partial charge in [0, 0.05) is 6.54 Å². The van der Waals surface area contributed by atoms with Crippen molar-refractivity contribution >= 4 is 12.1 Å². The van der Waals surface area contributed by atoms with Crippen LogP contribution in [0.2, 0.25) is 0 Å². The number of benzene rings is 1. The van der Waals surface area contributed by atoms with Crippen molar-refractivity contribution in [3.05, 3.63) is 35.9 Å². The summed E-state index contributed by atoms with van der Waals surface area (Å²) in [6, 6.07) is 8.37. The molecule has 2 N–H and O–H groups in total. The van der Waals surface area contributed by atoms with Crippen molar-refractivity contribution in [2.24, 2.45) is 5.92 Å². The number of aliphatic carboxylic acids is 1. The lowest BCUT2D eigenvalue weighted by atomic mass is 9.99. The van der Waals surface area contributed by atoms with Crippen LogP contribution in [0, 0.1) is 5.92 Å². The molecule has 0 bridgehead atoms. The van der Waals surface area contributed by atoms with Crippen LogP contribution in [0.15, 0.2) is 30.3 Å². The summed E-state index contributed by atoms with van der Waals surface area (Å²) < 4.78 is 5.07. The third-order valence-electron chi connectivity index (χ3n) is 3.86. The Kier molecular flexibility index (Phi) is 5.77. The molecular formula is C16H22N2O4. The molecule has 6 nitrogen and oxygen atoms in total. The van der Waals surface area contributed by atoms with E-state index in [1.54, 1.807) is 0 Å². The molecule has 120 valence electrons. The number of hydrogen-bond acceptors (Lipinski definition) is 4. The van der Waals surface area contributed by atoms with Gasteiger partial charge in [0.2, 0.25) is 0 Å². The van der Waals surface area contributed by atoms with Crippen molar-refractivity contribution in [1.82, 2.24) is 10.2 Å². The molecule has 1 saturated heterocycles. The largest absolute Gasteiger partial charge is 0.480 e. The van der Waals surface area contributed by atoms with Gasteiger partial charge in [-0.15, -0.1) is 0 Å². The Bertz CT molecular complexity index is 506. The summed E-state index contributed by atoms with van der Waals surface area (Å²) in [7, 11) is 2.01. The van der Waals surface area contributed by atoms with Crippen LogP contribution >= 0.6 is 0 Å². The zero-order chi connectivity index (χ0) is 15.9. The number of carbonyl (C=O) groups is 2. The molecule has 22 heavy (non-hydrogen) atoms. The number of rotatable bonds is 6. The SMILES string of the molecule is CN1CCC(CC(NC(=O)OCc2ccccc2)C(=O)O)C1. The normalized spacial score (nSPS) is 19.6. The summed E-state index contributed by atoms with van der Waals surface area (Å²) in [5, 5.41) is 11.7. The van der Waals surface area contributed by atoms with E-state index in [1.807, 2.05) is 37.4 Å². The fourth-order valence-corrected chi connectivity index (χ4v) is 2.68. The van der Waals surface area contributed by atoms with Gasteiger partial charge in [0.15, 0.2) is 0 Å². The maximum Gasteiger partial charge on any atom is 0.408 e. The van der Waals surface area contributed by atoms with Crippen LogP contribution in [-0.2, 0) is 16.1 Å². The van der Waals surface area contributed by atoms with Gasteiger partial charge in [0.25, 0.3) is 0 Å². The number of carboxylic acids is 1. The number of nitrogens with zero attached hydrogens (tertiary/aromatic N) is 1. The lowest BCUT2D eigenvalue weighted by molar-refractivity contribution is -0.139. The first-order chi connectivity index (χ1) is 10.5. The van der Waals surface area contributed by atoms with Crippen LogP contribution in [0.4, 0.5) is 4.79 Å².